The van der Waals surface area contributed by atoms with Gasteiger partial charge >= 0.3 is 0 Å². The van der Waals surface area contributed by atoms with Gasteiger partial charge in [0.1, 0.15) is 5.82 Å². The molecule has 0 aliphatic carbocycles. The van der Waals surface area contributed by atoms with Crippen LogP contribution in [0.4, 0.5) is 0 Å². The topological polar surface area (TPSA) is 28.7 Å². The summed E-state index contributed by atoms with van der Waals surface area (Å²) in [4.78, 5) is 8.86. The van der Waals surface area contributed by atoms with Crippen LogP contribution in [-0.2, 0) is 0 Å². The Labute approximate surface area is 216 Å². The first-order valence-electron chi connectivity index (χ1n) is 14.0. The van der Waals surface area contributed by atoms with Crippen LogP contribution in [-0.4, -0.2) is 28.5 Å². The summed E-state index contributed by atoms with van der Waals surface area (Å²) in [6.45, 7) is 7.02. The third-order valence-electron chi connectivity index (χ3n) is 7.88. The lowest BCUT2D eigenvalue weighted by atomic mass is 10.0. The van der Waals surface area contributed by atoms with Crippen molar-refractivity contribution in [1.82, 2.24) is 9.97 Å². The van der Waals surface area contributed by atoms with Gasteiger partial charge in [0.2, 0.25) is 0 Å². The van der Waals surface area contributed by atoms with Crippen LogP contribution in [0, 0.1) is 0 Å². The lowest BCUT2D eigenvalue weighted by molar-refractivity contribution is 0.841. The normalized spacial score (nSPS) is 12.2. The van der Waals surface area contributed by atoms with E-state index < -0.39 is 7.26 Å². The van der Waals surface area contributed by atoms with Gasteiger partial charge in [-0.3, -0.25) is 0 Å². The molecule has 36 heavy (non-hydrogen) atoms. The molecule has 2 nitrogen and oxygen atoms in total. The third-order valence-corrected chi connectivity index (χ3v) is 12.8. The molecule has 0 saturated heterocycles. The Morgan fingerprint density at radius 1 is 0.611 bits per heavy atom. The molecule has 4 aromatic carbocycles. The number of hydrogen-bond acceptors (Lipinski definition) is 1. The largest absolute Gasteiger partial charge is 0.337 e. The molecule has 186 valence electrons. The molecular formula is C33H40N2P+. The minimum absolute atomic E-state index is 0.970. The van der Waals surface area contributed by atoms with Crippen molar-refractivity contribution in [3.63, 3.8) is 0 Å². The molecular weight excluding hydrogens is 455 g/mol. The number of hydrogen-bond donors (Lipinski definition) is 1. The number of H-pyrrole nitrogens is 1. The van der Waals surface area contributed by atoms with Gasteiger partial charge in [0, 0.05) is 23.6 Å². The van der Waals surface area contributed by atoms with Crippen LogP contribution in [0.25, 0.3) is 44.0 Å². The Bertz CT molecular complexity index is 1350. The van der Waals surface area contributed by atoms with Crippen LogP contribution in [0.15, 0.2) is 72.8 Å². The first kappa shape index (κ1) is 25.0. The summed E-state index contributed by atoms with van der Waals surface area (Å²) in [5, 5.41) is 6.64. The van der Waals surface area contributed by atoms with Crippen molar-refractivity contribution in [2.45, 2.75) is 59.3 Å². The first-order chi connectivity index (χ1) is 17.7. The van der Waals surface area contributed by atoms with Gasteiger partial charge in [0.05, 0.1) is 34.8 Å². The molecule has 0 fully saturated rings. The fraction of sp³-hybridized carbons (Fsp3) is 0.364. The molecule has 0 aliphatic heterocycles. The van der Waals surface area contributed by atoms with E-state index in [1.807, 2.05) is 0 Å². The van der Waals surface area contributed by atoms with Crippen LogP contribution >= 0.6 is 7.26 Å². The van der Waals surface area contributed by atoms with E-state index >= 15 is 0 Å². The number of nitrogens with zero attached hydrogens (tertiary/aromatic N) is 1. The van der Waals surface area contributed by atoms with Gasteiger partial charge in [-0.25, -0.2) is 4.98 Å². The van der Waals surface area contributed by atoms with Crippen LogP contribution in [0.3, 0.4) is 0 Å². The summed E-state index contributed by atoms with van der Waals surface area (Å²) in [6, 6.07) is 26.9. The van der Waals surface area contributed by atoms with Gasteiger partial charge in [-0.1, -0.05) is 88.6 Å². The predicted molar refractivity (Wildman–Crippen MR) is 162 cm³/mol. The number of rotatable bonds is 11. The summed E-state index contributed by atoms with van der Waals surface area (Å²) < 4.78 is 0. The molecule has 1 N–H and O–H groups in total. The highest BCUT2D eigenvalue weighted by Crippen LogP contribution is 2.59. The van der Waals surface area contributed by atoms with E-state index in [9.17, 15) is 0 Å². The lowest BCUT2D eigenvalue weighted by Crippen LogP contribution is -2.21. The molecule has 0 amide bonds. The standard InChI is InChI=1S/C33H40N2P/c1-4-7-22-36(23-8-5-2,24-9-6-3)26-20-18-25(19-21-26)33-34-31-29-16-12-10-14-27(29)28-15-11-13-17-30(28)32(31)35-33/h10-21H,4-9,22-24H2,1-3H3,(H,34,35)/q+1. The summed E-state index contributed by atoms with van der Waals surface area (Å²) in [5.41, 5.74) is 3.39. The zero-order valence-corrected chi connectivity index (χ0v) is 23.1. The average molecular weight is 496 g/mol. The first-order valence-corrected chi connectivity index (χ1v) is 16.3. The monoisotopic (exact) mass is 495 g/mol. The van der Waals surface area contributed by atoms with Crippen molar-refractivity contribution in [2.24, 2.45) is 0 Å². The fourth-order valence-corrected chi connectivity index (χ4v) is 10.8. The number of imidazole rings is 1. The molecule has 3 heteroatoms. The molecule has 0 bridgehead atoms. The second kappa shape index (κ2) is 11.1. The van der Waals surface area contributed by atoms with Crippen molar-refractivity contribution >= 4 is 45.1 Å². The summed E-state index contributed by atoms with van der Waals surface area (Å²) in [5.74, 6) is 0.970. The molecule has 0 spiro atoms. The maximum absolute atomic E-state index is 5.16. The number of nitrogens with one attached hydrogen (secondary N) is 1. The van der Waals surface area contributed by atoms with Crippen molar-refractivity contribution < 1.29 is 0 Å². The van der Waals surface area contributed by atoms with Crippen LogP contribution in [0.2, 0.25) is 0 Å². The zero-order valence-electron chi connectivity index (χ0n) is 22.2. The quantitative estimate of drug-likeness (QED) is 0.143. The van der Waals surface area contributed by atoms with Gasteiger partial charge < -0.3 is 4.98 Å². The zero-order chi connectivity index (χ0) is 25.0. The summed E-state index contributed by atoms with van der Waals surface area (Å²) in [7, 11) is -1.13. The summed E-state index contributed by atoms with van der Waals surface area (Å²) >= 11 is 0. The number of unbranched alkanes of at least 4 members (excludes halogenated alkanes) is 3. The SMILES string of the molecule is CCCC[P+](CCCC)(CCCC)c1ccc(-c2nc3c4ccccc4c4ccccc4c3[nH]2)cc1. The van der Waals surface area contributed by atoms with Crippen LogP contribution < -0.4 is 5.30 Å². The lowest BCUT2D eigenvalue weighted by Gasteiger charge is -2.28. The summed E-state index contributed by atoms with van der Waals surface area (Å²) in [6.07, 6.45) is 12.2. The van der Waals surface area contributed by atoms with Gasteiger partial charge in [0.25, 0.3) is 0 Å². The van der Waals surface area contributed by atoms with Crippen LogP contribution in [0.1, 0.15) is 59.3 Å². The Hall–Kier alpha value is -2.70. The van der Waals surface area contributed by atoms with E-state index in [4.69, 9.17) is 4.98 Å². The third kappa shape index (κ3) is 4.69. The van der Waals surface area contributed by atoms with E-state index in [-0.39, 0.29) is 0 Å². The van der Waals surface area contributed by atoms with Crippen LogP contribution in [0.5, 0.6) is 0 Å². The second-order valence-corrected chi connectivity index (χ2v) is 14.5. The Morgan fingerprint density at radius 3 is 1.67 bits per heavy atom. The maximum atomic E-state index is 5.16. The van der Waals surface area contributed by atoms with Gasteiger partial charge in [0.15, 0.2) is 0 Å². The van der Waals surface area contributed by atoms with Crippen molar-refractivity contribution in [3.05, 3.63) is 72.8 Å². The van der Waals surface area contributed by atoms with Gasteiger partial charge in [-0.2, -0.15) is 0 Å². The average Bonchev–Trinajstić information content (AvgIpc) is 3.39. The molecule has 0 aliphatic rings. The minimum Gasteiger partial charge on any atom is -0.337 e. The molecule has 5 rings (SSSR count). The van der Waals surface area contributed by atoms with E-state index in [1.54, 1.807) is 5.30 Å². The smallest absolute Gasteiger partial charge is 0.138 e. The van der Waals surface area contributed by atoms with E-state index in [2.05, 4.69) is 98.6 Å². The maximum Gasteiger partial charge on any atom is 0.138 e. The van der Waals surface area contributed by atoms with Gasteiger partial charge in [-0.15, -0.1) is 0 Å². The number of fused-ring (bicyclic) bond motifs is 6. The second-order valence-electron chi connectivity index (χ2n) is 10.3. The van der Waals surface area contributed by atoms with E-state index in [1.165, 1.54) is 84.1 Å². The Balaban J connectivity index is 1.58. The Kier molecular flexibility index (Phi) is 7.73. The van der Waals surface area contributed by atoms with Gasteiger partial charge in [-0.05, 0) is 54.3 Å². The molecule has 0 unspecified atom stereocenters. The van der Waals surface area contributed by atoms with Crippen molar-refractivity contribution in [1.29, 1.82) is 0 Å². The van der Waals surface area contributed by atoms with Crippen molar-refractivity contribution in [3.8, 4) is 11.4 Å². The predicted octanol–water partition coefficient (Wildman–Crippen LogP) is 9.58. The highest BCUT2D eigenvalue weighted by atomic mass is 31.2. The highest BCUT2D eigenvalue weighted by Gasteiger charge is 2.38. The van der Waals surface area contributed by atoms with Crippen molar-refractivity contribution in [2.75, 3.05) is 18.5 Å². The molecule has 1 aromatic heterocycles. The molecule has 0 radical (unpaired) electrons. The molecule has 5 aromatic rings. The number of aromatic amines is 1. The van der Waals surface area contributed by atoms with E-state index in [0.717, 1.165) is 16.9 Å². The molecule has 0 saturated carbocycles. The number of aromatic nitrogens is 2. The fourth-order valence-electron chi connectivity index (χ4n) is 5.80. The van der Waals surface area contributed by atoms with E-state index in [0.29, 0.717) is 0 Å². The molecule has 1 heterocycles. The minimum atomic E-state index is -1.13. The highest BCUT2D eigenvalue weighted by molar-refractivity contribution is 7.82. The number of benzene rings is 4. The Morgan fingerprint density at radius 2 is 1.11 bits per heavy atom. The molecule has 0 atom stereocenters.